The van der Waals surface area contributed by atoms with Gasteiger partial charge in [-0.25, -0.2) is 4.98 Å². The van der Waals surface area contributed by atoms with Crippen LogP contribution in [0.2, 0.25) is 0 Å². The van der Waals surface area contributed by atoms with E-state index in [0.29, 0.717) is 5.92 Å². The fraction of sp³-hybridized carbons (Fsp3) is 0.444. The first-order valence-electron chi connectivity index (χ1n) is 8.28. The Bertz CT molecular complexity index is 763. The fourth-order valence-corrected chi connectivity index (χ4v) is 3.30. The number of amides is 1. The summed E-state index contributed by atoms with van der Waals surface area (Å²) in [5.74, 6) is 0.203. The molecule has 1 N–H and O–H groups in total. The highest BCUT2D eigenvalue weighted by atomic mass is 32.2. The predicted molar refractivity (Wildman–Crippen MR) is 99.0 cm³/mol. The zero-order valence-electron chi connectivity index (χ0n) is 15.3. The van der Waals surface area contributed by atoms with Gasteiger partial charge in [-0.1, -0.05) is 37.7 Å². The monoisotopic (exact) mass is 383 g/mol. The highest BCUT2D eigenvalue weighted by Gasteiger charge is 2.16. The van der Waals surface area contributed by atoms with Crippen molar-refractivity contribution >= 4 is 23.4 Å². The predicted octanol–water partition coefficient (Wildman–Crippen LogP) is 4.49. The summed E-state index contributed by atoms with van der Waals surface area (Å²) in [5, 5.41) is 3.39. The van der Waals surface area contributed by atoms with Crippen molar-refractivity contribution in [3.63, 3.8) is 0 Å². The normalized spacial score (nSPS) is 11.2. The molecule has 142 valence electrons. The van der Waals surface area contributed by atoms with E-state index in [-0.39, 0.29) is 23.1 Å². The van der Waals surface area contributed by atoms with E-state index in [1.54, 1.807) is 12.1 Å². The third kappa shape index (κ3) is 5.45. The summed E-state index contributed by atoms with van der Waals surface area (Å²) in [4.78, 5) is 16.8. The van der Waals surface area contributed by atoms with E-state index in [0.717, 1.165) is 23.1 Å². The first-order valence-corrected chi connectivity index (χ1v) is 9.26. The molecule has 0 aliphatic carbocycles. The number of halogens is 2. The molecule has 0 radical (unpaired) electrons. The van der Waals surface area contributed by atoms with E-state index in [1.807, 2.05) is 13.8 Å². The van der Waals surface area contributed by atoms with E-state index in [4.69, 9.17) is 0 Å². The number of nitrogens with zero attached hydrogens (tertiary/aromatic N) is 2. The third-order valence-corrected chi connectivity index (χ3v) is 4.66. The second-order valence-electron chi connectivity index (χ2n) is 6.28. The topological polar surface area (TPSA) is 56.1 Å². The van der Waals surface area contributed by atoms with Crippen LogP contribution in [-0.2, 0) is 11.3 Å². The number of hydrogen-bond acceptors (Lipinski definition) is 4. The molecule has 26 heavy (non-hydrogen) atoms. The van der Waals surface area contributed by atoms with E-state index < -0.39 is 6.61 Å². The minimum Gasteiger partial charge on any atom is -0.433 e. The Hall–Kier alpha value is -2.09. The van der Waals surface area contributed by atoms with E-state index in [9.17, 15) is 13.6 Å². The van der Waals surface area contributed by atoms with Gasteiger partial charge in [-0.2, -0.15) is 8.78 Å². The largest absolute Gasteiger partial charge is 0.433 e. The summed E-state index contributed by atoms with van der Waals surface area (Å²) in [5.41, 5.74) is 2.23. The molecule has 1 heterocycles. The maximum Gasteiger partial charge on any atom is 0.387 e. The number of ether oxygens (including phenoxy) is 1. The molecule has 0 unspecified atom stereocenters. The maximum atomic E-state index is 12.4. The Balaban J connectivity index is 2.03. The van der Waals surface area contributed by atoms with Crippen molar-refractivity contribution in [2.24, 2.45) is 5.92 Å². The SMILES string of the molecule is Cc1nc(SCC(=O)Nc2ccccc2OC(F)F)n(CC(C)C)c1C. The third-order valence-electron chi connectivity index (χ3n) is 3.68. The van der Waals surface area contributed by atoms with Crippen molar-refractivity contribution in [3.8, 4) is 5.75 Å². The summed E-state index contributed by atoms with van der Waals surface area (Å²) in [6.07, 6.45) is 0. The molecule has 0 aliphatic rings. The Kier molecular flexibility index (Phi) is 7.02. The lowest BCUT2D eigenvalue weighted by molar-refractivity contribution is -0.113. The van der Waals surface area contributed by atoms with Gasteiger partial charge >= 0.3 is 6.61 Å². The van der Waals surface area contributed by atoms with Crippen molar-refractivity contribution in [1.29, 1.82) is 0 Å². The minimum absolute atomic E-state index is 0.0613. The van der Waals surface area contributed by atoms with Crippen LogP contribution in [0.4, 0.5) is 14.5 Å². The lowest BCUT2D eigenvalue weighted by atomic mass is 10.2. The number of benzene rings is 1. The van der Waals surface area contributed by atoms with Gasteiger partial charge in [-0.05, 0) is 31.9 Å². The van der Waals surface area contributed by atoms with Gasteiger partial charge in [-0.3, -0.25) is 4.79 Å². The first-order chi connectivity index (χ1) is 12.3. The Labute approximate surface area is 156 Å². The van der Waals surface area contributed by atoms with Gasteiger partial charge in [0, 0.05) is 12.2 Å². The highest BCUT2D eigenvalue weighted by molar-refractivity contribution is 7.99. The van der Waals surface area contributed by atoms with Gasteiger partial charge in [0.15, 0.2) is 5.16 Å². The number of anilines is 1. The van der Waals surface area contributed by atoms with E-state index >= 15 is 0 Å². The molecular weight excluding hydrogens is 360 g/mol. The minimum atomic E-state index is -2.95. The Morgan fingerprint density at radius 2 is 2.00 bits per heavy atom. The number of aromatic nitrogens is 2. The molecule has 2 rings (SSSR count). The van der Waals surface area contributed by atoms with Gasteiger partial charge in [0.05, 0.1) is 17.1 Å². The molecular formula is C18H23F2N3O2S. The Morgan fingerprint density at radius 1 is 1.31 bits per heavy atom. The average molecular weight is 383 g/mol. The van der Waals surface area contributed by atoms with E-state index in [1.165, 1.54) is 23.9 Å². The zero-order valence-corrected chi connectivity index (χ0v) is 16.1. The lowest BCUT2D eigenvalue weighted by Crippen LogP contribution is -2.16. The van der Waals surface area contributed by atoms with Crippen LogP contribution < -0.4 is 10.1 Å². The molecule has 0 atom stereocenters. The fourth-order valence-electron chi connectivity index (χ4n) is 2.40. The molecule has 2 aromatic rings. The van der Waals surface area contributed by atoms with Crippen LogP contribution in [-0.4, -0.2) is 27.8 Å². The second kappa shape index (κ2) is 9.02. The quantitative estimate of drug-likeness (QED) is 0.683. The molecule has 0 fully saturated rings. The molecule has 0 aliphatic heterocycles. The number of para-hydroxylation sites is 2. The van der Waals surface area contributed by atoms with Crippen LogP contribution in [0.25, 0.3) is 0 Å². The lowest BCUT2D eigenvalue weighted by Gasteiger charge is -2.13. The van der Waals surface area contributed by atoms with Crippen LogP contribution in [0.15, 0.2) is 29.4 Å². The van der Waals surface area contributed by atoms with Crippen molar-refractivity contribution in [3.05, 3.63) is 35.7 Å². The number of hydrogen-bond donors (Lipinski definition) is 1. The number of imidazole rings is 1. The number of aryl methyl sites for hydroxylation is 1. The molecule has 0 bridgehead atoms. The maximum absolute atomic E-state index is 12.4. The number of alkyl halides is 2. The highest BCUT2D eigenvalue weighted by Crippen LogP contribution is 2.27. The molecule has 1 amide bonds. The molecule has 0 spiro atoms. The molecule has 0 saturated heterocycles. The molecule has 1 aromatic carbocycles. The Morgan fingerprint density at radius 3 is 2.65 bits per heavy atom. The summed E-state index contributed by atoms with van der Waals surface area (Å²) in [6.45, 7) is 6.06. The standard InChI is InChI=1S/C18H23F2N3O2S/c1-11(2)9-23-13(4)12(3)21-18(23)26-10-16(24)22-14-7-5-6-8-15(14)25-17(19)20/h5-8,11,17H,9-10H2,1-4H3,(H,22,24). The van der Waals surface area contributed by atoms with Gasteiger partial charge in [0.2, 0.25) is 5.91 Å². The summed E-state index contributed by atoms with van der Waals surface area (Å²) in [6, 6.07) is 6.12. The van der Waals surface area contributed by atoms with Crippen molar-refractivity contribution in [2.75, 3.05) is 11.1 Å². The second-order valence-corrected chi connectivity index (χ2v) is 7.22. The molecule has 0 saturated carbocycles. The number of carbonyl (C=O) groups is 1. The van der Waals surface area contributed by atoms with Crippen LogP contribution in [0.3, 0.4) is 0 Å². The van der Waals surface area contributed by atoms with Gasteiger partial charge in [0.25, 0.3) is 0 Å². The summed E-state index contributed by atoms with van der Waals surface area (Å²) < 4.78 is 31.4. The van der Waals surface area contributed by atoms with Crippen molar-refractivity contribution in [2.45, 2.75) is 46.0 Å². The molecule has 8 heteroatoms. The van der Waals surface area contributed by atoms with Gasteiger partial charge < -0.3 is 14.6 Å². The number of nitrogens with one attached hydrogen (secondary N) is 1. The molecule has 1 aromatic heterocycles. The number of rotatable bonds is 8. The zero-order chi connectivity index (χ0) is 19.3. The summed E-state index contributed by atoms with van der Waals surface area (Å²) in [7, 11) is 0. The smallest absolute Gasteiger partial charge is 0.387 e. The number of carbonyl (C=O) groups excluding carboxylic acids is 1. The summed E-state index contributed by atoms with van der Waals surface area (Å²) >= 11 is 1.32. The van der Waals surface area contributed by atoms with Crippen molar-refractivity contribution < 1.29 is 18.3 Å². The van der Waals surface area contributed by atoms with Crippen molar-refractivity contribution in [1.82, 2.24) is 9.55 Å². The van der Waals surface area contributed by atoms with Crippen LogP contribution >= 0.6 is 11.8 Å². The van der Waals surface area contributed by atoms with Gasteiger partial charge in [0.1, 0.15) is 5.75 Å². The van der Waals surface area contributed by atoms with Crippen LogP contribution in [0.5, 0.6) is 5.75 Å². The first kappa shape index (κ1) is 20.2. The molecule has 5 nitrogen and oxygen atoms in total. The van der Waals surface area contributed by atoms with Crippen LogP contribution in [0, 0.1) is 19.8 Å². The number of thioether (sulfide) groups is 1. The average Bonchev–Trinajstić information content (AvgIpc) is 2.81. The van der Waals surface area contributed by atoms with Crippen LogP contribution in [0.1, 0.15) is 25.2 Å². The van der Waals surface area contributed by atoms with Gasteiger partial charge in [-0.15, -0.1) is 0 Å². The van der Waals surface area contributed by atoms with E-state index in [2.05, 4.69) is 33.5 Å².